The van der Waals surface area contributed by atoms with Crippen LogP contribution in [0.2, 0.25) is 0 Å². The van der Waals surface area contributed by atoms with Crippen molar-refractivity contribution in [2.75, 3.05) is 26.6 Å². The van der Waals surface area contributed by atoms with Crippen LogP contribution in [0.25, 0.3) is 0 Å². The normalized spacial score (nSPS) is 42.1. The number of benzene rings is 2. The van der Waals surface area contributed by atoms with E-state index in [1.165, 1.54) is 0 Å². The molecule has 3 saturated carbocycles. The van der Waals surface area contributed by atoms with E-state index >= 15 is 0 Å². The molecule has 3 aliphatic carbocycles. The topological polar surface area (TPSA) is 118 Å². The van der Waals surface area contributed by atoms with Gasteiger partial charge in [0.15, 0.2) is 0 Å². The Morgan fingerprint density at radius 2 is 1.68 bits per heavy atom. The largest absolute Gasteiger partial charge is 0.455 e. The highest BCUT2D eigenvalue weighted by atomic mass is 79.9. The van der Waals surface area contributed by atoms with Crippen LogP contribution in [0.3, 0.4) is 0 Å². The summed E-state index contributed by atoms with van der Waals surface area (Å²) in [5.41, 5.74) is -3.10. The Hall–Kier alpha value is -2.34. The average Bonchev–Trinajstić information content (AvgIpc) is 3.44. The molecule has 4 bridgehead atoms. The lowest BCUT2D eigenvalue weighted by Gasteiger charge is -2.65. The summed E-state index contributed by atoms with van der Waals surface area (Å²) < 4.78 is 19.1. The van der Waals surface area contributed by atoms with Crippen molar-refractivity contribution < 1.29 is 34.0 Å². The Kier molecular flexibility index (Phi) is 7.12. The Bertz CT molecular complexity index is 1510. The number of rotatable bonds is 6. The quantitative estimate of drug-likeness (QED) is 0.388. The molecule has 3 N–H and O–H groups in total. The van der Waals surface area contributed by atoms with Gasteiger partial charge in [0.25, 0.3) is 5.91 Å². The number of piperidine rings is 1. The molecule has 9 nitrogen and oxygen atoms in total. The van der Waals surface area contributed by atoms with Crippen molar-refractivity contribution in [1.82, 2.24) is 4.90 Å². The second kappa shape index (κ2) is 10.3. The number of nitrogens with one attached hydrogen (secondary N) is 1. The number of likely N-dealkylation sites (N-methyl/N-ethyl adjacent to an activating group) is 1. The molecule has 0 radical (unpaired) electrons. The van der Waals surface area contributed by atoms with E-state index in [0.29, 0.717) is 41.4 Å². The number of amides is 1. The van der Waals surface area contributed by atoms with Crippen molar-refractivity contribution in [3.8, 4) is 0 Å². The smallest absolute Gasteiger partial charge is 0.340 e. The third-order valence-corrected chi connectivity index (χ3v) is 13.0. The Balaban J connectivity index is 1.22. The number of esters is 1. The average molecular weight is 670 g/mol. The summed E-state index contributed by atoms with van der Waals surface area (Å²) in [7, 11) is 5.36. The highest BCUT2D eigenvalue weighted by molar-refractivity contribution is 9.10. The second-order valence-electron chi connectivity index (χ2n) is 13.8. The van der Waals surface area contributed by atoms with Crippen LogP contribution in [0.15, 0.2) is 53.0 Å². The minimum atomic E-state index is -1.43. The molecule has 5 unspecified atom stereocenters. The number of para-hydroxylation sites is 1. The second-order valence-corrected chi connectivity index (χ2v) is 14.6. The van der Waals surface area contributed by atoms with E-state index in [4.69, 9.17) is 14.2 Å². The fourth-order valence-corrected chi connectivity index (χ4v) is 11.0. The molecule has 1 spiro atoms. The summed E-state index contributed by atoms with van der Waals surface area (Å²) in [4.78, 5) is 29.5. The molecule has 44 heavy (non-hydrogen) atoms. The van der Waals surface area contributed by atoms with E-state index in [9.17, 15) is 19.8 Å². The molecule has 2 aromatic rings. The summed E-state index contributed by atoms with van der Waals surface area (Å²) in [6.07, 6.45) is 3.12. The lowest BCUT2D eigenvalue weighted by atomic mass is 9.55. The molecule has 2 saturated heterocycles. The monoisotopic (exact) mass is 668 g/mol. The maximum Gasteiger partial charge on any atom is 0.340 e. The number of carbonyl (C=O) groups is 2. The first-order valence-electron chi connectivity index (χ1n) is 15.6. The number of nitrogens with zero attached hydrogens (tertiary/aromatic N) is 1. The van der Waals surface area contributed by atoms with Crippen LogP contribution in [-0.4, -0.2) is 88.8 Å². The van der Waals surface area contributed by atoms with Gasteiger partial charge in [0.2, 0.25) is 0 Å². The first kappa shape index (κ1) is 30.3. The van der Waals surface area contributed by atoms with E-state index < -0.39 is 34.4 Å². The van der Waals surface area contributed by atoms with E-state index in [0.717, 1.165) is 12.8 Å². The van der Waals surface area contributed by atoms with E-state index in [2.05, 4.69) is 33.2 Å². The van der Waals surface area contributed by atoms with E-state index in [-0.39, 0.29) is 41.4 Å². The summed E-state index contributed by atoms with van der Waals surface area (Å²) in [6.45, 7) is 2.01. The predicted molar refractivity (Wildman–Crippen MR) is 166 cm³/mol. The zero-order valence-electron chi connectivity index (χ0n) is 25.6. The van der Waals surface area contributed by atoms with Crippen molar-refractivity contribution in [2.24, 2.45) is 17.8 Å². The van der Waals surface area contributed by atoms with Gasteiger partial charge >= 0.3 is 5.97 Å². The molecule has 5 fully saturated rings. The van der Waals surface area contributed by atoms with E-state index in [1.807, 2.05) is 13.0 Å². The zero-order valence-corrected chi connectivity index (χ0v) is 27.2. The van der Waals surface area contributed by atoms with Crippen LogP contribution in [0.1, 0.15) is 66.2 Å². The molecule has 2 aliphatic heterocycles. The van der Waals surface area contributed by atoms with Crippen molar-refractivity contribution in [1.29, 1.82) is 0 Å². The van der Waals surface area contributed by atoms with Gasteiger partial charge in [-0.05, 0) is 86.3 Å². The van der Waals surface area contributed by atoms with Crippen molar-refractivity contribution in [2.45, 2.75) is 86.0 Å². The molecule has 5 aliphatic rings. The third-order valence-electron chi connectivity index (χ3n) is 12.3. The van der Waals surface area contributed by atoms with Gasteiger partial charge in [0.05, 0.1) is 29.0 Å². The Morgan fingerprint density at radius 3 is 2.39 bits per heavy atom. The van der Waals surface area contributed by atoms with Gasteiger partial charge in [-0.1, -0.05) is 24.3 Å². The van der Waals surface area contributed by atoms with Crippen LogP contribution in [-0.2, 0) is 14.2 Å². The lowest BCUT2D eigenvalue weighted by Crippen LogP contribution is -2.81. The molecular formula is C34H41BrN2O7. The Labute approximate surface area is 266 Å². The van der Waals surface area contributed by atoms with Crippen molar-refractivity contribution in [3.63, 3.8) is 0 Å². The van der Waals surface area contributed by atoms with Gasteiger partial charge in [-0.25, -0.2) is 4.79 Å². The Morgan fingerprint density at radius 1 is 0.977 bits per heavy atom. The van der Waals surface area contributed by atoms with Crippen LogP contribution in [0.5, 0.6) is 0 Å². The molecule has 236 valence electrons. The highest BCUT2D eigenvalue weighted by Crippen LogP contribution is 2.72. The van der Waals surface area contributed by atoms with Crippen LogP contribution < -0.4 is 5.32 Å². The number of ether oxygens (including phenoxy) is 3. The molecule has 7 rings (SSSR count). The van der Waals surface area contributed by atoms with Gasteiger partial charge in [-0.15, -0.1) is 0 Å². The van der Waals surface area contributed by atoms with Crippen LogP contribution >= 0.6 is 15.9 Å². The van der Waals surface area contributed by atoms with E-state index in [1.54, 1.807) is 56.7 Å². The SMILES string of the molecule is CO[C@H]1C[C@]2(O)C3CC4C(C)(OC(=O)c5ccccc5NC(=O)c5ccccc5Br)CCCC4(C4C[C@H]1[C@H](OC)[C@@]42O)N3C. The summed E-state index contributed by atoms with van der Waals surface area (Å²) in [6, 6.07) is 13.7. The van der Waals surface area contributed by atoms with Crippen molar-refractivity contribution >= 4 is 33.5 Å². The van der Waals surface area contributed by atoms with Crippen LogP contribution in [0.4, 0.5) is 5.69 Å². The first-order valence-corrected chi connectivity index (χ1v) is 16.4. The fourth-order valence-electron chi connectivity index (χ4n) is 10.5. The predicted octanol–water partition coefficient (Wildman–Crippen LogP) is 4.41. The van der Waals surface area contributed by atoms with Gasteiger partial charge in [-0.3, -0.25) is 9.69 Å². The minimum absolute atomic E-state index is 0.0427. The number of methoxy groups -OCH3 is 2. The number of fused-ring (bicyclic) bond motifs is 3. The molecule has 10 atom stereocenters. The van der Waals surface area contributed by atoms with Crippen LogP contribution in [0, 0.1) is 17.8 Å². The number of hydrogen-bond acceptors (Lipinski definition) is 8. The molecule has 1 amide bonds. The first-order chi connectivity index (χ1) is 21.0. The number of aliphatic hydroxyl groups is 2. The van der Waals surface area contributed by atoms with Crippen molar-refractivity contribution in [3.05, 3.63) is 64.1 Å². The summed E-state index contributed by atoms with van der Waals surface area (Å²) in [5, 5.41) is 28.0. The summed E-state index contributed by atoms with van der Waals surface area (Å²) >= 11 is 3.43. The standard InChI is InChI=1S/C34H41BrN2O7/c1-31(44-30(39)20-11-6-8-13-23(20)36-29(38)19-10-5-7-12-22(19)35)14-9-15-32-25(31)17-27(37(32)2)33(40)18-24(42-3)21-16-26(32)34(33,41)28(21)43-4/h5-8,10-13,21,24-28,40-41H,9,14-18H2,1-4H3,(H,36,38)/t21-,24+,25?,26?,27?,28+,31?,32?,33+,34+/m1/s1. The number of hydrogen-bond donors (Lipinski definition) is 3. The van der Waals surface area contributed by atoms with Gasteiger partial charge in [0, 0.05) is 54.4 Å². The van der Waals surface area contributed by atoms with Gasteiger partial charge in [0.1, 0.15) is 16.8 Å². The summed E-state index contributed by atoms with van der Waals surface area (Å²) in [5.74, 6) is -1.28. The molecule has 10 heteroatoms. The fraction of sp³-hybridized carbons (Fsp3) is 0.588. The molecular weight excluding hydrogens is 628 g/mol. The molecule has 0 aromatic heterocycles. The van der Waals surface area contributed by atoms with Gasteiger partial charge < -0.3 is 29.7 Å². The highest BCUT2D eigenvalue weighted by Gasteiger charge is 2.84. The third kappa shape index (κ3) is 3.81. The zero-order chi connectivity index (χ0) is 31.2. The minimum Gasteiger partial charge on any atom is -0.455 e. The lowest BCUT2D eigenvalue weighted by molar-refractivity contribution is -0.308. The number of anilines is 1. The van der Waals surface area contributed by atoms with Gasteiger partial charge in [-0.2, -0.15) is 0 Å². The molecule has 2 heterocycles. The molecule has 2 aromatic carbocycles. The number of carbonyl (C=O) groups excluding carboxylic acids is 2. The maximum atomic E-state index is 14.0. The number of halogens is 1. The maximum absolute atomic E-state index is 14.0.